The molecule has 3 N–H and O–H groups in total. The summed E-state index contributed by atoms with van der Waals surface area (Å²) < 4.78 is 10.4. The van der Waals surface area contributed by atoms with Crippen LogP contribution in [0, 0.1) is 12.3 Å². The number of carbonyl (C=O) groups is 1. The molecule has 0 saturated heterocycles. The summed E-state index contributed by atoms with van der Waals surface area (Å²) in [5, 5.41) is 2.87. The SMILES string of the molecule is COc1cc(C)c(NC(=O)C(C)(C)CN)cc1OC.Cl. The molecule has 0 heterocycles. The maximum Gasteiger partial charge on any atom is 0.231 e. The first-order chi connectivity index (χ1) is 8.85. The Morgan fingerprint density at radius 1 is 1.25 bits per heavy atom. The molecule has 1 rings (SSSR count). The minimum absolute atomic E-state index is 0. The third-order valence-electron chi connectivity index (χ3n) is 3.10. The fourth-order valence-corrected chi connectivity index (χ4v) is 1.50. The van der Waals surface area contributed by atoms with Gasteiger partial charge < -0.3 is 20.5 Å². The fourth-order valence-electron chi connectivity index (χ4n) is 1.50. The van der Waals surface area contributed by atoms with Crippen LogP contribution in [0.4, 0.5) is 5.69 Å². The number of ether oxygens (including phenoxy) is 2. The lowest BCUT2D eigenvalue weighted by Gasteiger charge is -2.22. The number of nitrogens with one attached hydrogen (secondary N) is 1. The molecular formula is C14H23ClN2O3. The zero-order valence-corrected chi connectivity index (χ0v) is 13.4. The van der Waals surface area contributed by atoms with Crippen LogP contribution in [-0.4, -0.2) is 26.7 Å². The van der Waals surface area contributed by atoms with Crippen molar-refractivity contribution in [2.45, 2.75) is 20.8 Å². The third-order valence-corrected chi connectivity index (χ3v) is 3.10. The lowest BCUT2D eigenvalue weighted by atomic mass is 9.92. The molecule has 1 aromatic carbocycles. The van der Waals surface area contributed by atoms with Crippen molar-refractivity contribution in [3.05, 3.63) is 17.7 Å². The van der Waals surface area contributed by atoms with Gasteiger partial charge in [-0.2, -0.15) is 0 Å². The number of anilines is 1. The molecule has 0 aliphatic heterocycles. The van der Waals surface area contributed by atoms with Gasteiger partial charge in [-0.25, -0.2) is 0 Å². The Morgan fingerprint density at radius 3 is 2.20 bits per heavy atom. The third kappa shape index (κ3) is 4.02. The van der Waals surface area contributed by atoms with Crippen molar-refractivity contribution in [1.82, 2.24) is 0 Å². The quantitative estimate of drug-likeness (QED) is 0.875. The summed E-state index contributed by atoms with van der Waals surface area (Å²) >= 11 is 0. The molecule has 0 aliphatic carbocycles. The summed E-state index contributed by atoms with van der Waals surface area (Å²) in [7, 11) is 3.13. The van der Waals surface area contributed by atoms with Gasteiger partial charge in [0.25, 0.3) is 0 Å². The topological polar surface area (TPSA) is 73.6 Å². The van der Waals surface area contributed by atoms with Crippen LogP contribution in [0.5, 0.6) is 11.5 Å². The Labute approximate surface area is 126 Å². The summed E-state index contributed by atoms with van der Waals surface area (Å²) in [6, 6.07) is 3.57. The lowest BCUT2D eigenvalue weighted by Crippen LogP contribution is -2.37. The number of aryl methyl sites for hydroxylation is 1. The van der Waals surface area contributed by atoms with Crippen LogP contribution >= 0.6 is 12.4 Å². The molecule has 6 heteroatoms. The van der Waals surface area contributed by atoms with E-state index in [4.69, 9.17) is 15.2 Å². The maximum atomic E-state index is 12.1. The van der Waals surface area contributed by atoms with E-state index in [-0.39, 0.29) is 24.9 Å². The molecule has 0 aromatic heterocycles. The predicted octanol–water partition coefficient (Wildman–Crippen LogP) is 2.36. The molecular weight excluding hydrogens is 280 g/mol. The van der Waals surface area contributed by atoms with Crippen LogP contribution in [-0.2, 0) is 4.79 Å². The summed E-state index contributed by atoms with van der Waals surface area (Å²) in [6.07, 6.45) is 0. The molecule has 0 unspecified atom stereocenters. The monoisotopic (exact) mass is 302 g/mol. The smallest absolute Gasteiger partial charge is 0.231 e. The van der Waals surface area contributed by atoms with E-state index < -0.39 is 5.41 Å². The van der Waals surface area contributed by atoms with Crippen LogP contribution in [0.2, 0.25) is 0 Å². The van der Waals surface area contributed by atoms with Gasteiger partial charge in [0.2, 0.25) is 5.91 Å². The number of carbonyl (C=O) groups excluding carboxylic acids is 1. The molecule has 0 aliphatic rings. The molecule has 0 fully saturated rings. The van der Waals surface area contributed by atoms with E-state index in [0.29, 0.717) is 17.2 Å². The average Bonchev–Trinajstić information content (AvgIpc) is 2.40. The Hall–Kier alpha value is -1.46. The Bertz CT molecular complexity index is 476. The highest BCUT2D eigenvalue weighted by Crippen LogP contribution is 2.33. The summed E-state index contributed by atoms with van der Waals surface area (Å²) in [4.78, 5) is 12.1. The number of rotatable bonds is 5. The van der Waals surface area contributed by atoms with E-state index in [9.17, 15) is 4.79 Å². The molecule has 5 nitrogen and oxygen atoms in total. The first-order valence-corrected chi connectivity index (χ1v) is 6.10. The summed E-state index contributed by atoms with van der Waals surface area (Å²) in [5.41, 5.74) is 6.58. The van der Waals surface area contributed by atoms with Crippen LogP contribution in [0.3, 0.4) is 0 Å². The number of halogens is 1. The molecule has 0 saturated carbocycles. The number of hydrogen-bond acceptors (Lipinski definition) is 4. The number of nitrogens with two attached hydrogens (primary N) is 1. The minimum atomic E-state index is -0.612. The number of amides is 1. The second-order valence-corrected chi connectivity index (χ2v) is 5.06. The second kappa shape index (κ2) is 7.36. The van der Waals surface area contributed by atoms with E-state index in [1.165, 1.54) is 0 Å². The van der Waals surface area contributed by atoms with E-state index in [1.54, 1.807) is 34.1 Å². The summed E-state index contributed by atoms with van der Waals surface area (Å²) in [5.74, 6) is 1.09. The molecule has 20 heavy (non-hydrogen) atoms. The molecule has 0 atom stereocenters. The zero-order valence-electron chi connectivity index (χ0n) is 12.6. The van der Waals surface area contributed by atoms with Gasteiger partial charge in [-0.15, -0.1) is 12.4 Å². The van der Waals surface area contributed by atoms with E-state index in [0.717, 1.165) is 5.56 Å². The molecule has 0 spiro atoms. The van der Waals surface area contributed by atoms with Crippen LogP contribution in [0.25, 0.3) is 0 Å². The normalized spacial score (nSPS) is 10.5. The van der Waals surface area contributed by atoms with Gasteiger partial charge >= 0.3 is 0 Å². The summed E-state index contributed by atoms with van der Waals surface area (Å²) in [6.45, 7) is 5.79. The lowest BCUT2D eigenvalue weighted by molar-refractivity contribution is -0.123. The molecule has 1 amide bonds. The Kier molecular flexibility index (Phi) is 6.82. The fraction of sp³-hybridized carbons (Fsp3) is 0.500. The van der Waals surface area contributed by atoms with E-state index in [1.807, 2.05) is 13.0 Å². The zero-order chi connectivity index (χ0) is 14.6. The van der Waals surface area contributed by atoms with Crippen LogP contribution in [0.1, 0.15) is 19.4 Å². The van der Waals surface area contributed by atoms with Crippen LogP contribution in [0.15, 0.2) is 12.1 Å². The number of hydrogen-bond donors (Lipinski definition) is 2. The van der Waals surface area contributed by atoms with Crippen molar-refractivity contribution in [1.29, 1.82) is 0 Å². The highest BCUT2D eigenvalue weighted by atomic mass is 35.5. The van der Waals surface area contributed by atoms with Crippen molar-refractivity contribution in [2.24, 2.45) is 11.1 Å². The number of benzene rings is 1. The van der Waals surface area contributed by atoms with E-state index in [2.05, 4.69) is 5.32 Å². The maximum absolute atomic E-state index is 12.1. The van der Waals surface area contributed by atoms with Gasteiger partial charge in [0.15, 0.2) is 11.5 Å². The molecule has 114 valence electrons. The molecule has 1 aromatic rings. The highest BCUT2D eigenvalue weighted by Gasteiger charge is 2.26. The van der Waals surface area contributed by atoms with Crippen LogP contribution < -0.4 is 20.5 Å². The second-order valence-electron chi connectivity index (χ2n) is 5.06. The van der Waals surface area contributed by atoms with Crippen molar-refractivity contribution in [3.63, 3.8) is 0 Å². The van der Waals surface area contributed by atoms with Gasteiger partial charge in [-0.05, 0) is 32.4 Å². The first kappa shape index (κ1) is 18.5. The van der Waals surface area contributed by atoms with Crippen molar-refractivity contribution < 1.29 is 14.3 Å². The van der Waals surface area contributed by atoms with Crippen molar-refractivity contribution in [3.8, 4) is 11.5 Å². The van der Waals surface area contributed by atoms with E-state index >= 15 is 0 Å². The predicted molar refractivity (Wildman–Crippen MR) is 83.0 cm³/mol. The van der Waals surface area contributed by atoms with Gasteiger partial charge in [0.05, 0.1) is 19.6 Å². The van der Waals surface area contributed by atoms with Crippen molar-refractivity contribution >= 4 is 24.0 Å². The largest absolute Gasteiger partial charge is 0.493 e. The van der Waals surface area contributed by atoms with Gasteiger partial charge in [-0.3, -0.25) is 4.79 Å². The molecule has 0 radical (unpaired) electrons. The Morgan fingerprint density at radius 2 is 1.75 bits per heavy atom. The van der Waals surface area contributed by atoms with Gasteiger partial charge in [-0.1, -0.05) is 0 Å². The van der Waals surface area contributed by atoms with Gasteiger partial charge in [0.1, 0.15) is 0 Å². The number of methoxy groups -OCH3 is 2. The van der Waals surface area contributed by atoms with Crippen molar-refractivity contribution in [2.75, 3.05) is 26.1 Å². The van der Waals surface area contributed by atoms with Gasteiger partial charge in [0, 0.05) is 18.3 Å². The Balaban J connectivity index is 0.00000361. The highest BCUT2D eigenvalue weighted by molar-refractivity contribution is 5.96. The first-order valence-electron chi connectivity index (χ1n) is 6.10. The average molecular weight is 303 g/mol. The molecule has 0 bridgehead atoms. The minimum Gasteiger partial charge on any atom is -0.493 e. The standard InChI is InChI=1S/C14H22N2O3.ClH/c1-9-6-11(18-4)12(19-5)7-10(9)16-13(17)14(2,3)8-15;/h6-7H,8,15H2,1-5H3,(H,16,17);1H.